The molecule has 1 saturated heterocycles. The number of carbonyl (C=O) groups is 2. The minimum atomic E-state index is -0.386. The summed E-state index contributed by atoms with van der Waals surface area (Å²) in [7, 11) is 0. The van der Waals surface area contributed by atoms with E-state index in [2.05, 4.69) is 12.2 Å². The third-order valence-corrected chi connectivity index (χ3v) is 4.81. The molecule has 4 heteroatoms. The van der Waals surface area contributed by atoms with Crippen LogP contribution in [0.5, 0.6) is 0 Å². The predicted octanol–water partition coefficient (Wildman–Crippen LogP) is 2.33. The van der Waals surface area contributed by atoms with Gasteiger partial charge in [0.2, 0.25) is 11.8 Å². The van der Waals surface area contributed by atoms with Gasteiger partial charge in [0.1, 0.15) is 6.04 Å². The van der Waals surface area contributed by atoms with Crippen LogP contribution in [-0.2, 0) is 9.59 Å². The summed E-state index contributed by atoms with van der Waals surface area (Å²) >= 11 is 0. The lowest BCUT2D eigenvalue weighted by Crippen LogP contribution is -2.65. The summed E-state index contributed by atoms with van der Waals surface area (Å²) in [4.78, 5) is 26.7. The molecule has 0 spiro atoms. The van der Waals surface area contributed by atoms with Crippen molar-refractivity contribution >= 4 is 11.8 Å². The van der Waals surface area contributed by atoms with Gasteiger partial charge >= 0.3 is 0 Å². The average Bonchev–Trinajstić information content (AvgIpc) is 2.39. The average molecular weight is 280 g/mol. The molecule has 3 atom stereocenters. The quantitative estimate of drug-likeness (QED) is 0.844. The minimum absolute atomic E-state index is 0.00930. The monoisotopic (exact) mass is 280 g/mol. The molecule has 3 unspecified atom stereocenters. The van der Waals surface area contributed by atoms with Crippen LogP contribution in [0.3, 0.4) is 0 Å². The van der Waals surface area contributed by atoms with Crippen LogP contribution in [0.1, 0.15) is 59.8 Å². The number of rotatable bonds is 2. The highest BCUT2D eigenvalue weighted by atomic mass is 16.2. The summed E-state index contributed by atoms with van der Waals surface area (Å²) in [5.74, 6) is 0.659. The number of hydrogen-bond donors (Lipinski definition) is 1. The van der Waals surface area contributed by atoms with Crippen molar-refractivity contribution in [3.63, 3.8) is 0 Å². The van der Waals surface area contributed by atoms with Crippen molar-refractivity contribution in [3.05, 3.63) is 0 Å². The first-order valence-corrected chi connectivity index (χ1v) is 7.94. The van der Waals surface area contributed by atoms with Gasteiger partial charge in [-0.05, 0) is 24.2 Å². The number of hydrogen-bond acceptors (Lipinski definition) is 2. The Balaban J connectivity index is 2.21. The fraction of sp³-hybridized carbons (Fsp3) is 0.875. The minimum Gasteiger partial charge on any atom is -0.342 e. The van der Waals surface area contributed by atoms with E-state index in [1.807, 2.05) is 25.7 Å². The lowest BCUT2D eigenvalue weighted by Gasteiger charge is -2.45. The highest BCUT2D eigenvalue weighted by Crippen LogP contribution is 2.33. The maximum absolute atomic E-state index is 12.8. The molecule has 0 radical (unpaired) electrons. The molecular formula is C16H28N2O2. The first-order chi connectivity index (χ1) is 9.34. The molecule has 2 amide bonds. The molecule has 1 aliphatic heterocycles. The van der Waals surface area contributed by atoms with Crippen LogP contribution < -0.4 is 5.32 Å². The van der Waals surface area contributed by atoms with Crippen molar-refractivity contribution in [1.29, 1.82) is 0 Å². The Kier molecular flexibility index (Phi) is 4.40. The van der Waals surface area contributed by atoms with Crippen molar-refractivity contribution in [2.24, 2.45) is 11.3 Å². The fourth-order valence-corrected chi connectivity index (χ4v) is 3.61. The van der Waals surface area contributed by atoms with E-state index in [1.54, 1.807) is 0 Å². The molecule has 0 aromatic rings. The molecule has 2 aliphatic rings. The third kappa shape index (κ3) is 2.99. The summed E-state index contributed by atoms with van der Waals surface area (Å²) in [6, 6.07) is -0.125. The van der Waals surface area contributed by atoms with Crippen LogP contribution in [0.15, 0.2) is 0 Å². The van der Waals surface area contributed by atoms with Crippen LogP contribution in [0.2, 0.25) is 0 Å². The van der Waals surface area contributed by atoms with Crippen molar-refractivity contribution < 1.29 is 9.59 Å². The molecule has 1 heterocycles. The SMILES string of the molecule is CCC1CCCCC1N1CC(=O)NC(C(C)(C)C)C1=O. The molecule has 1 saturated carbocycles. The van der Waals surface area contributed by atoms with Gasteiger partial charge in [-0.3, -0.25) is 9.59 Å². The van der Waals surface area contributed by atoms with E-state index in [9.17, 15) is 9.59 Å². The summed E-state index contributed by atoms with van der Waals surface area (Å²) in [5.41, 5.74) is -0.234. The summed E-state index contributed by atoms with van der Waals surface area (Å²) in [6.07, 6.45) is 5.76. The fourth-order valence-electron chi connectivity index (χ4n) is 3.61. The molecule has 4 nitrogen and oxygen atoms in total. The molecule has 2 rings (SSSR count). The number of carbonyl (C=O) groups excluding carboxylic acids is 2. The summed E-state index contributed by atoms with van der Waals surface area (Å²) in [5, 5.41) is 2.88. The van der Waals surface area contributed by atoms with Crippen molar-refractivity contribution in [2.45, 2.75) is 71.9 Å². The van der Waals surface area contributed by atoms with Gasteiger partial charge in [-0.2, -0.15) is 0 Å². The van der Waals surface area contributed by atoms with E-state index in [0.717, 1.165) is 12.8 Å². The van der Waals surface area contributed by atoms with E-state index >= 15 is 0 Å². The highest BCUT2D eigenvalue weighted by molar-refractivity contribution is 5.95. The maximum Gasteiger partial charge on any atom is 0.246 e. The van der Waals surface area contributed by atoms with Crippen LogP contribution in [-0.4, -0.2) is 35.3 Å². The number of amides is 2. The Morgan fingerprint density at radius 3 is 2.45 bits per heavy atom. The third-order valence-electron chi connectivity index (χ3n) is 4.81. The van der Waals surface area contributed by atoms with Crippen LogP contribution >= 0.6 is 0 Å². The largest absolute Gasteiger partial charge is 0.342 e. The zero-order valence-electron chi connectivity index (χ0n) is 13.2. The Morgan fingerprint density at radius 1 is 1.20 bits per heavy atom. The second-order valence-electron chi connectivity index (χ2n) is 7.35. The molecule has 0 bridgehead atoms. The lowest BCUT2D eigenvalue weighted by molar-refractivity contribution is -0.151. The van der Waals surface area contributed by atoms with Crippen LogP contribution in [0.4, 0.5) is 0 Å². The number of nitrogens with zero attached hydrogens (tertiary/aromatic N) is 1. The smallest absolute Gasteiger partial charge is 0.246 e. The zero-order valence-corrected chi connectivity index (χ0v) is 13.2. The van der Waals surface area contributed by atoms with E-state index in [1.165, 1.54) is 19.3 Å². The molecule has 0 aromatic carbocycles. The Morgan fingerprint density at radius 2 is 1.85 bits per heavy atom. The first kappa shape index (κ1) is 15.3. The van der Waals surface area contributed by atoms with E-state index in [0.29, 0.717) is 5.92 Å². The van der Waals surface area contributed by atoms with E-state index in [4.69, 9.17) is 0 Å². The first-order valence-electron chi connectivity index (χ1n) is 7.94. The van der Waals surface area contributed by atoms with Gasteiger partial charge in [0.15, 0.2) is 0 Å². The Hall–Kier alpha value is -1.06. The molecule has 2 fully saturated rings. The molecule has 114 valence electrons. The predicted molar refractivity (Wildman–Crippen MR) is 79.1 cm³/mol. The van der Waals surface area contributed by atoms with Crippen LogP contribution in [0, 0.1) is 11.3 Å². The van der Waals surface area contributed by atoms with Crippen LogP contribution in [0.25, 0.3) is 0 Å². The Labute approximate surface area is 122 Å². The molecular weight excluding hydrogens is 252 g/mol. The normalized spacial score (nSPS) is 32.2. The maximum atomic E-state index is 12.8. The molecule has 0 aromatic heterocycles. The van der Waals surface area contributed by atoms with Gasteiger partial charge in [-0.15, -0.1) is 0 Å². The zero-order chi connectivity index (χ0) is 14.9. The second-order valence-corrected chi connectivity index (χ2v) is 7.35. The summed E-state index contributed by atoms with van der Waals surface area (Å²) in [6.45, 7) is 8.47. The highest BCUT2D eigenvalue weighted by Gasteiger charge is 2.43. The van der Waals surface area contributed by atoms with Gasteiger partial charge in [0.25, 0.3) is 0 Å². The molecule has 1 N–H and O–H groups in total. The van der Waals surface area contributed by atoms with Crippen molar-refractivity contribution in [2.75, 3.05) is 6.54 Å². The van der Waals surface area contributed by atoms with E-state index < -0.39 is 0 Å². The number of nitrogens with one attached hydrogen (secondary N) is 1. The lowest BCUT2D eigenvalue weighted by atomic mass is 9.79. The van der Waals surface area contributed by atoms with Crippen molar-refractivity contribution in [1.82, 2.24) is 10.2 Å². The van der Waals surface area contributed by atoms with Gasteiger partial charge in [-0.1, -0.05) is 47.0 Å². The topological polar surface area (TPSA) is 49.4 Å². The molecule has 20 heavy (non-hydrogen) atoms. The van der Waals surface area contributed by atoms with Gasteiger partial charge in [-0.25, -0.2) is 0 Å². The van der Waals surface area contributed by atoms with Gasteiger partial charge < -0.3 is 10.2 Å². The van der Waals surface area contributed by atoms with Gasteiger partial charge in [0.05, 0.1) is 6.54 Å². The standard InChI is InChI=1S/C16H28N2O2/c1-5-11-8-6-7-9-12(11)18-10-13(19)17-14(15(18)20)16(2,3)4/h11-12,14H,5-10H2,1-4H3,(H,17,19). The van der Waals surface area contributed by atoms with Crippen molar-refractivity contribution in [3.8, 4) is 0 Å². The van der Waals surface area contributed by atoms with E-state index in [-0.39, 0.29) is 35.9 Å². The summed E-state index contributed by atoms with van der Waals surface area (Å²) < 4.78 is 0. The van der Waals surface area contributed by atoms with Gasteiger partial charge in [0, 0.05) is 6.04 Å². The number of piperazine rings is 1. The Bertz CT molecular complexity index is 386. The molecule has 1 aliphatic carbocycles. The second kappa shape index (κ2) is 5.74.